The van der Waals surface area contributed by atoms with Crippen molar-refractivity contribution in [1.29, 1.82) is 0 Å². The summed E-state index contributed by atoms with van der Waals surface area (Å²) in [6.45, 7) is 1.96. The van der Waals surface area contributed by atoms with E-state index in [1.54, 1.807) is 6.07 Å². The van der Waals surface area contributed by atoms with Gasteiger partial charge in [0.15, 0.2) is 12.0 Å². The first kappa shape index (κ1) is 12.5. The molecule has 1 atom stereocenters. The Bertz CT molecular complexity index is 549. The molecule has 19 heavy (non-hydrogen) atoms. The molecule has 0 bridgehead atoms. The predicted molar refractivity (Wildman–Crippen MR) is 74.7 cm³/mol. The molecule has 1 heterocycles. The third-order valence-electron chi connectivity index (χ3n) is 3.42. The average Bonchev–Trinajstić information content (AvgIpc) is 3.13. The van der Waals surface area contributed by atoms with Gasteiger partial charge in [0.1, 0.15) is 0 Å². The van der Waals surface area contributed by atoms with Crippen LogP contribution in [-0.4, -0.2) is 17.9 Å². The van der Waals surface area contributed by atoms with Gasteiger partial charge in [0.05, 0.1) is 5.57 Å². The molecule has 2 aliphatic rings. The predicted octanol–water partition coefficient (Wildman–Crippen LogP) is 3.14. The van der Waals surface area contributed by atoms with Crippen molar-refractivity contribution in [3.05, 3.63) is 40.7 Å². The van der Waals surface area contributed by atoms with Crippen molar-refractivity contribution in [2.75, 3.05) is 0 Å². The quantitative estimate of drug-likeness (QED) is 0.919. The molecule has 0 spiro atoms. The molecule has 0 amide bonds. The van der Waals surface area contributed by atoms with Crippen molar-refractivity contribution in [2.45, 2.75) is 38.3 Å². The molecule has 1 unspecified atom stereocenters. The van der Waals surface area contributed by atoms with Crippen LogP contribution < -0.4 is 5.32 Å². The Labute approximate surface area is 117 Å². The first-order valence-electron chi connectivity index (χ1n) is 6.66. The van der Waals surface area contributed by atoms with E-state index in [2.05, 4.69) is 5.32 Å². The van der Waals surface area contributed by atoms with Crippen molar-refractivity contribution in [1.82, 2.24) is 5.32 Å². The third-order valence-corrected chi connectivity index (χ3v) is 3.66. The summed E-state index contributed by atoms with van der Waals surface area (Å²) >= 11 is 6.01. The van der Waals surface area contributed by atoms with E-state index in [1.165, 1.54) is 0 Å². The van der Waals surface area contributed by atoms with Gasteiger partial charge < -0.3 is 10.1 Å². The van der Waals surface area contributed by atoms with Crippen LogP contribution in [0.2, 0.25) is 5.02 Å². The molecule has 1 N–H and O–H groups in total. The van der Waals surface area contributed by atoms with Gasteiger partial charge in [0, 0.05) is 11.1 Å². The molecular weight excluding hydrogens is 262 g/mol. The molecule has 3 nitrogen and oxygen atoms in total. The van der Waals surface area contributed by atoms with Gasteiger partial charge in [-0.25, -0.2) is 0 Å². The summed E-state index contributed by atoms with van der Waals surface area (Å²) in [6.07, 6.45) is 2.59. The molecule has 1 fully saturated rings. The van der Waals surface area contributed by atoms with Gasteiger partial charge >= 0.3 is 0 Å². The lowest BCUT2D eigenvalue weighted by molar-refractivity contribution is -0.120. The number of halogens is 1. The zero-order valence-electron chi connectivity index (χ0n) is 10.8. The minimum atomic E-state index is -0.366. The van der Waals surface area contributed by atoms with Crippen LogP contribution in [0.4, 0.5) is 0 Å². The number of rotatable bonds is 4. The Balaban J connectivity index is 1.98. The first-order valence-corrected chi connectivity index (χ1v) is 7.04. The summed E-state index contributed by atoms with van der Waals surface area (Å²) in [6, 6.07) is 7.82. The smallest absolute Gasteiger partial charge is 0.209 e. The Morgan fingerprint density at radius 2 is 2.21 bits per heavy atom. The summed E-state index contributed by atoms with van der Waals surface area (Å²) in [5, 5.41) is 3.94. The molecule has 3 rings (SSSR count). The third kappa shape index (κ3) is 2.47. The minimum Gasteiger partial charge on any atom is -0.467 e. The van der Waals surface area contributed by atoms with Crippen LogP contribution in [0.5, 0.6) is 0 Å². The van der Waals surface area contributed by atoms with Gasteiger partial charge in [-0.3, -0.25) is 4.79 Å². The van der Waals surface area contributed by atoms with Crippen LogP contribution in [0.25, 0.3) is 5.57 Å². The molecule has 0 saturated heterocycles. The molecule has 100 valence electrons. The zero-order valence-corrected chi connectivity index (χ0v) is 11.5. The molecule has 1 aromatic carbocycles. The van der Waals surface area contributed by atoms with E-state index in [4.69, 9.17) is 16.3 Å². The number of carbonyl (C=O) groups excluding carboxylic acids is 1. The van der Waals surface area contributed by atoms with Crippen LogP contribution >= 0.6 is 11.6 Å². The number of hydrogen-bond donors (Lipinski definition) is 1. The van der Waals surface area contributed by atoms with Crippen molar-refractivity contribution in [2.24, 2.45) is 0 Å². The largest absolute Gasteiger partial charge is 0.467 e. The number of ether oxygens (including phenoxy) is 1. The normalized spacial score (nSPS) is 22.6. The molecule has 1 aliphatic heterocycles. The molecule has 0 aromatic heterocycles. The van der Waals surface area contributed by atoms with E-state index >= 15 is 0 Å². The van der Waals surface area contributed by atoms with E-state index in [1.807, 2.05) is 25.1 Å². The van der Waals surface area contributed by atoms with E-state index in [9.17, 15) is 4.79 Å². The summed E-state index contributed by atoms with van der Waals surface area (Å²) in [4.78, 5) is 12.4. The number of Topliss-reactive ketones (excluding diaryl/α,β-unsaturated/α-hetero) is 1. The number of hydrogen-bond acceptors (Lipinski definition) is 3. The van der Waals surface area contributed by atoms with Crippen molar-refractivity contribution < 1.29 is 9.53 Å². The Morgan fingerprint density at radius 3 is 2.84 bits per heavy atom. The molecular formula is C15H16ClNO2. The van der Waals surface area contributed by atoms with E-state index < -0.39 is 0 Å². The Morgan fingerprint density at radius 1 is 1.42 bits per heavy atom. The minimum absolute atomic E-state index is 0.0490. The highest BCUT2D eigenvalue weighted by molar-refractivity contribution is 6.31. The lowest BCUT2D eigenvalue weighted by Crippen LogP contribution is -2.19. The number of ketones is 1. The van der Waals surface area contributed by atoms with Crippen molar-refractivity contribution in [3.8, 4) is 0 Å². The van der Waals surface area contributed by atoms with E-state index in [-0.39, 0.29) is 11.9 Å². The second kappa shape index (κ2) is 4.89. The van der Waals surface area contributed by atoms with Gasteiger partial charge in [0.25, 0.3) is 0 Å². The second-order valence-corrected chi connectivity index (χ2v) is 5.45. The van der Waals surface area contributed by atoms with Crippen LogP contribution in [0.1, 0.15) is 31.7 Å². The highest BCUT2D eigenvalue weighted by atomic mass is 35.5. The van der Waals surface area contributed by atoms with Crippen LogP contribution in [-0.2, 0) is 9.53 Å². The summed E-state index contributed by atoms with van der Waals surface area (Å²) < 4.78 is 5.76. The fourth-order valence-corrected chi connectivity index (χ4v) is 2.42. The first-order chi connectivity index (χ1) is 9.19. The Kier molecular flexibility index (Phi) is 3.23. The highest BCUT2D eigenvalue weighted by Gasteiger charge is 2.37. The summed E-state index contributed by atoms with van der Waals surface area (Å²) in [5.41, 5.74) is 1.47. The van der Waals surface area contributed by atoms with Gasteiger partial charge in [0.2, 0.25) is 5.78 Å². The lowest BCUT2D eigenvalue weighted by Gasteiger charge is -2.10. The standard InChI is InChI=1S/C15H16ClNO2/c1-2-12-14(18)13(9-4-3-5-10(16)8-9)15(19-12)17-11-6-7-11/h3-5,8,11-12,17H,2,6-7H2,1H3. The second-order valence-electron chi connectivity index (χ2n) is 5.01. The lowest BCUT2D eigenvalue weighted by atomic mass is 10.00. The maximum atomic E-state index is 12.4. The fourth-order valence-electron chi connectivity index (χ4n) is 2.23. The average molecular weight is 278 g/mol. The number of benzene rings is 1. The van der Waals surface area contributed by atoms with Crippen molar-refractivity contribution >= 4 is 23.0 Å². The van der Waals surface area contributed by atoms with Crippen LogP contribution in [0.3, 0.4) is 0 Å². The maximum absolute atomic E-state index is 12.4. The number of carbonyl (C=O) groups is 1. The molecule has 0 radical (unpaired) electrons. The molecule has 4 heteroatoms. The van der Waals surface area contributed by atoms with Gasteiger partial charge in [-0.05, 0) is 37.0 Å². The van der Waals surface area contributed by atoms with Crippen LogP contribution in [0.15, 0.2) is 30.1 Å². The molecule has 1 aromatic rings. The van der Waals surface area contributed by atoms with Gasteiger partial charge in [-0.1, -0.05) is 30.7 Å². The SMILES string of the molecule is CCC1OC(NC2CC2)=C(c2cccc(Cl)c2)C1=O. The van der Waals surface area contributed by atoms with Gasteiger partial charge in [-0.2, -0.15) is 0 Å². The zero-order chi connectivity index (χ0) is 13.4. The summed E-state index contributed by atoms with van der Waals surface area (Å²) in [7, 11) is 0. The number of nitrogens with one attached hydrogen (secondary N) is 1. The van der Waals surface area contributed by atoms with Crippen molar-refractivity contribution in [3.63, 3.8) is 0 Å². The van der Waals surface area contributed by atoms with Crippen LogP contribution in [0, 0.1) is 0 Å². The topological polar surface area (TPSA) is 38.3 Å². The molecule has 1 aliphatic carbocycles. The fraction of sp³-hybridized carbons (Fsp3) is 0.400. The monoisotopic (exact) mass is 277 g/mol. The molecule has 1 saturated carbocycles. The Hall–Kier alpha value is -1.48. The van der Waals surface area contributed by atoms with E-state index in [0.717, 1.165) is 18.4 Å². The summed E-state index contributed by atoms with van der Waals surface area (Å²) in [5.74, 6) is 0.675. The van der Waals surface area contributed by atoms with E-state index in [0.29, 0.717) is 28.9 Å². The highest BCUT2D eigenvalue weighted by Crippen LogP contribution is 2.33. The van der Waals surface area contributed by atoms with Gasteiger partial charge in [-0.15, -0.1) is 0 Å². The maximum Gasteiger partial charge on any atom is 0.209 e.